The molecule has 1 heterocycles. The van der Waals surface area contributed by atoms with Crippen LogP contribution in [0.2, 0.25) is 0 Å². The molecule has 3 rings (SSSR count). The molecular formula is C20H18O6. The molecule has 0 saturated heterocycles. The molecule has 6 heteroatoms. The van der Waals surface area contributed by atoms with Gasteiger partial charge in [-0.25, -0.2) is 9.59 Å². The molecule has 0 aliphatic heterocycles. The molecule has 0 N–H and O–H groups in total. The summed E-state index contributed by atoms with van der Waals surface area (Å²) in [7, 11) is 3.14. The summed E-state index contributed by atoms with van der Waals surface area (Å²) >= 11 is 0. The first-order valence-corrected chi connectivity index (χ1v) is 7.96. The molecule has 0 aliphatic rings. The van der Waals surface area contributed by atoms with Gasteiger partial charge in [0.2, 0.25) is 0 Å². The summed E-state index contributed by atoms with van der Waals surface area (Å²) in [5, 5.41) is 0.689. The van der Waals surface area contributed by atoms with Gasteiger partial charge in [0.1, 0.15) is 17.9 Å². The molecule has 134 valence electrons. The van der Waals surface area contributed by atoms with Gasteiger partial charge in [-0.3, -0.25) is 0 Å². The van der Waals surface area contributed by atoms with Crippen LogP contribution in [0.15, 0.2) is 57.7 Å². The lowest BCUT2D eigenvalue weighted by molar-refractivity contribution is 0.0473. The highest BCUT2D eigenvalue weighted by Crippen LogP contribution is 2.23. The lowest BCUT2D eigenvalue weighted by Crippen LogP contribution is -2.08. The summed E-state index contributed by atoms with van der Waals surface area (Å²) in [6.07, 6.45) is 0. The molecule has 6 nitrogen and oxygen atoms in total. The second kappa shape index (κ2) is 7.84. The minimum Gasteiger partial charge on any atom is -0.497 e. The molecule has 0 unspecified atom stereocenters. The summed E-state index contributed by atoms with van der Waals surface area (Å²) in [5.74, 6) is 0.106. The monoisotopic (exact) mass is 354 g/mol. The average molecular weight is 354 g/mol. The standard InChI is InChI=1S/C20H18O6/c1-23-11-13-3-5-14(6-4-13)20(22)25-12-15-9-19(21)26-18-10-16(24-2)7-8-17(15)18/h3-10H,11-12H2,1-2H3. The molecule has 3 aromatic rings. The smallest absolute Gasteiger partial charge is 0.338 e. The van der Waals surface area contributed by atoms with E-state index in [4.69, 9.17) is 18.6 Å². The van der Waals surface area contributed by atoms with Crippen molar-refractivity contribution in [3.63, 3.8) is 0 Å². The second-order valence-electron chi connectivity index (χ2n) is 5.66. The van der Waals surface area contributed by atoms with Gasteiger partial charge in [-0.15, -0.1) is 0 Å². The van der Waals surface area contributed by atoms with Crippen LogP contribution in [-0.4, -0.2) is 20.2 Å². The van der Waals surface area contributed by atoms with Gasteiger partial charge in [0.25, 0.3) is 0 Å². The number of methoxy groups -OCH3 is 2. The van der Waals surface area contributed by atoms with Crippen LogP contribution >= 0.6 is 0 Å². The number of benzene rings is 2. The van der Waals surface area contributed by atoms with Crippen molar-refractivity contribution < 1.29 is 23.4 Å². The van der Waals surface area contributed by atoms with E-state index in [0.29, 0.717) is 34.5 Å². The zero-order valence-corrected chi connectivity index (χ0v) is 14.5. The van der Waals surface area contributed by atoms with Crippen molar-refractivity contribution in [3.05, 3.63) is 75.6 Å². The molecule has 0 atom stereocenters. The summed E-state index contributed by atoms with van der Waals surface area (Å²) in [4.78, 5) is 24.0. The minimum atomic E-state index is -0.513. The maximum atomic E-state index is 12.2. The van der Waals surface area contributed by atoms with Gasteiger partial charge in [-0.05, 0) is 29.8 Å². The molecule has 2 aromatic carbocycles. The number of esters is 1. The third kappa shape index (κ3) is 3.92. The number of fused-ring (bicyclic) bond motifs is 1. The van der Waals surface area contributed by atoms with Gasteiger partial charge < -0.3 is 18.6 Å². The van der Waals surface area contributed by atoms with E-state index in [1.54, 1.807) is 49.6 Å². The number of carbonyl (C=O) groups is 1. The number of hydrogen-bond acceptors (Lipinski definition) is 6. The van der Waals surface area contributed by atoms with E-state index in [1.165, 1.54) is 13.2 Å². The normalized spacial score (nSPS) is 10.7. The van der Waals surface area contributed by atoms with Crippen LogP contribution in [-0.2, 0) is 22.7 Å². The molecule has 26 heavy (non-hydrogen) atoms. The van der Waals surface area contributed by atoms with Crippen molar-refractivity contribution in [1.29, 1.82) is 0 Å². The molecule has 0 aliphatic carbocycles. The largest absolute Gasteiger partial charge is 0.497 e. The molecule has 0 radical (unpaired) electrons. The Labute approximate surface area is 149 Å². The van der Waals surface area contributed by atoms with Gasteiger partial charge in [0.05, 0.1) is 19.3 Å². The van der Waals surface area contributed by atoms with E-state index >= 15 is 0 Å². The van der Waals surface area contributed by atoms with Crippen molar-refractivity contribution in [1.82, 2.24) is 0 Å². The topological polar surface area (TPSA) is 75.0 Å². The average Bonchev–Trinajstić information content (AvgIpc) is 2.66. The van der Waals surface area contributed by atoms with Crippen LogP contribution in [0.5, 0.6) is 5.75 Å². The molecule has 0 saturated carbocycles. The number of hydrogen-bond donors (Lipinski definition) is 0. The maximum Gasteiger partial charge on any atom is 0.338 e. The molecule has 1 aromatic heterocycles. The quantitative estimate of drug-likeness (QED) is 0.499. The van der Waals surface area contributed by atoms with Crippen molar-refractivity contribution in [2.45, 2.75) is 13.2 Å². The van der Waals surface area contributed by atoms with E-state index in [9.17, 15) is 9.59 Å². The summed E-state index contributed by atoms with van der Waals surface area (Å²) in [6.45, 7) is 0.442. The zero-order chi connectivity index (χ0) is 18.5. The first kappa shape index (κ1) is 17.7. The molecule has 0 amide bonds. The Bertz CT molecular complexity index is 972. The van der Waals surface area contributed by atoms with Gasteiger partial charge in [0, 0.05) is 30.2 Å². The lowest BCUT2D eigenvalue weighted by atomic mass is 10.1. The van der Waals surface area contributed by atoms with Crippen LogP contribution in [0.3, 0.4) is 0 Å². The molecule has 0 spiro atoms. The summed E-state index contributed by atoms with van der Waals surface area (Å²) in [5.41, 5.74) is 1.83. The highest BCUT2D eigenvalue weighted by molar-refractivity contribution is 5.89. The Morgan fingerprint density at radius 2 is 1.77 bits per heavy atom. The lowest BCUT2D eigenvalue weighted by Gasteiger charge is -2.08. The number of rotatable bonds is 6. The highest BCUT2D eigenvalue weighted by Gasteiger charge is 2.11. The minimum absolute atomic E-state index is 0.0346. The van der Waals surface area contributed by atoms with Gasteiger partial charge in [0.15, 0.2) is 0 Å². The Kier molecular flexibility index (Phi) is 5.34. The van der Waals surface area contributed by atoms with Gasteiger partial charge in [-0.2, -0.15) is 0 Å². The van der Waals surface area contributed by atoms with Crippen LogP contribution in [0.1, 0.15) is 21.5 Å². The highest BCUT2D eigenvalue weighted by atomic mass is 16.5. The molecule has 0 bridgehead atoms. The van der Waals surface area contributed by atoms with Crippen LogP contribution in [0.25, 0.3) is 11.0 Å². The van der Waals surface area contributed by atoms with E-state index < -0.39 is 11.6 Å². The van der Waals surface area contributed by atoms with E-state index in [0.717, 1.165) is 5.56 Å². The van der Waals surface area contributed by atoms with E-state index in [-0.39, 0.29) is 6.61 Å². The predicted octanol–water partition coefficient (Wildman–Crippen LogP) is 3.31. The van der Waals surface area contributed by atoms with Crippen molar-refractivity contribution in [2.24, 2.45) is 0 Å². The van der Waals surface area contributed by atoms with Crippen LogP contribution in [0, 0.1) is 0 Å². The SMILES string of the molecule is COCc1ccc(C(=O)OCc2cc(=O)oc3cc(OC)ccc23)cc1. The first-order chi connectivity index (χ1) is 12.6. The first-order valence-electron chi connectivity index (χ1n) is 7.96. The number of carbonyl (C=O) groups excluding carboxylic acids is 1. The van der Waals surface area contributed by atoms with Crippen LogP contribution in [0.4, 0.5) is 0 Å². The Hall–Kier alpha value is -3.12. The van der Waals surface area contributed by atoms with Crippen molar-refractivity contribution >= 4 is 16.9 Å². The Balaban J connectivity index is 1.78. The third-order valence-electron chi connectivity index (χ3n) is 3.90. The number of ether oxygens (including phenoxy) is 3. The molecular weight excluding hydrogens is 336 g/mol. The fourth-order valence-electron chi connectivity index (χ4n) is 2.59. The fraction of sp³-hybridized carbons (Fsp3) is 0.200. The maximum absolute atomic E-state index is 12.2. The molecule has 0 fully saturated rings. The summed E-state index contributed by atoms with van der Waals surface area (Å²) < 4.78 is 20.7. The fourth-order valence-corrected chi connectivity index (χ4v) is 2.59. The zero-order valence-electron chi connectivity index (χ0n) is 14.5. The van der Waals surface area contributed by atoms with Crippen molar-refractivity contribution in [2.75, 3.05) is 14.2 Å². The van der Waals surface area contributed by atoms with Gasteiger partial charge >= 0.3 is 11.6 Å². The Morgan fingerprint density at radius 3 is 2.46 bits per heavy atom. The predicted molar refractivity (Wildman–Crippen MR) is 95.3 cm³/mol. The van der Waals surface area contributed by atoms with Crippen molar-refractivity contribution in [3.8, 4) is 5.75 Å². The second-order valence-corrected chi connectivity index (χ2v) is 5.66. The van der Waals surface area contributed by atoms with Gasteiger partial charge in [-0.1, -0.05) is 12.1 Å². The van der Waals surface area contributed by atoms with E-state index in [1.807, 2.05) is 0 Å². The third-order valence-corrected chi connectivity index (χ3v) is 3.90. The van der Waals surface area contributed by atoms with Crippen LogP contribution < -0.4 is 10.4 Å². The summed E-state index contributed by atoms with van der Waals surface area (Å²) in [6, 6.07) is 13.4. The van der Waals surface area contributed by atoms with E-state index in [2.05, 4.69) is 0 Å². The Morgan fingerprint density at radius 1 is 1.00 bits per heavy atom.